The lowest BCUT2D eigenvalue weighted by Gasteiger charge is -2.36. The second-order valence-electron chi connectivity index (χ2n) is 7.14. The van der Waals surface area contributed by atoms with E-state index in [1.165, 1.54) is 11.0 Å². The molecule has 30 heavy (non-hydrogen) atoms. The third-order valence-corrected chi connectivity index (χ3v) is 5.19. The van der Waals surface area contributed by atoms with E-state index in [1.807, 2.05) is 54.6 Å². The van der Waals surface area contributed by atoms with Gasteiger partial charge >= 0.3 is 0 Å². The van der Waals surface area contributed by atoms with Crippen molar-refractivity contribution in [1.29, 1.82) is 0 Å². The molecule has 1 aliphatic heterocycles. The Kier molecular flexibility index (Phi) is 5.93. The zero-order chi connectivity index (χ0) is 20.9. The molecule has 1 fully saturated rings. The summed E-state index contributed by atoms with van der Waals surface area (Å²) in [5.41, 5.74) is 1.64. The largest absolute Gasteiger partial charge is 0.489 e. The smallest absolute Gasteiger partial charge is 0.259 e. The third kappa shape index (κ3) is 4.43. The number of benzene rings is 3. The van der Waals surface area contributed by atoms with Gasteiger partial charge in [0, 0.05) is 31.9 Å². The SMILES string of the molecule is O=C(c1c(F)cccc1F)N1CCN(c2ccc(OCc3ccccc3)cc2)CC1. The van der Waals surface area contributed by atoms with E-state index in [9.17, 15) is 13.6 Å². The van der Waals surface area contributed by atoms with E-state index in [2.05, 4.69) is 4.90 Å². The maximum Gasteiger partial charge on any atom is 0.259 e. The van der Waals surface area contributed by atoms with Crippen LogP contribution in [0.3, 0.4) is 0 Å². The number of amides is 1. The molecule has 1 heterocycles. The monoisotopic (exact) mass is 408 g/mol. The van der Waals surface area contributed by atoms with Gasteiger partial charge in [0.25, 0.3) is 5.91 Å². The molecule has 4 rings (SSSR count). The number of hydrogen-bond acceptors (Lipinski definition) is 3. The minimum absolute atomic E-state index is 0.402. The van der Waals surface area contributed by atoms with Crippen LogP contribution in [0.1, 0.15) is 15.9 Å². The summed E-state index contributed by atoms with van der Waals surface area (Å²) in [6.07, 6.45) is 0. The molecule has 0 aliphatic carbocycles. The summed E-state index contributed by atoms with van der Waals surface area (Å²) in [5, 5.41) is 0. The highest BCUT2D eigenvalue weighted by atomic mass is 19.1. The van der Waals surface area contributed by atoms with Gasteiger partial charge in [-0.1, -0.05) is 36.4 Å². The number of carbonyl (C=O) groups excluding carboxylic acids is 1. The van der Waals surface area contributed by atoms with Crippen molar-refractivity contribution in [2.45, 2.75) is 6.61 Å². The molecular weight excluding hydrogens is 386 g/mol. The number of halogens is 2. The lowest BCUT2D eigenvalue weighted by atomic mass is 10.1. The molecule has 0 aromatic heterocycles. The van der Waals surface area contributed by atoms with E-state index < -0.39 is 23.1 Å². The van der Waals surface area contributed by atoms with Crippen molar-refractivity contribution < 1.29 is 18.3 Å². The molecule has 3 aromatic carbocycles. The number of carbonyl (C=O) groups is 1. The number of rotatable bonds is 5. The molecule has 0 saturated carbocycles. The van der Waals surface area contributed by atoms with Gasteiger partial charge in [0.05, 0.1) is 0 Å². The molecular formula is C24H22F2N2O2. The number of piperazine rings is 1. The summed E-state index contributed by atoms with van der Waals surface area (Å²) in [7, 11) is 0. The third-order valence-electron chi connectivity index (χ3n) is 5.19. The average Bonchev–Trinajstić information content (AvgIpc) is 2.79. The van der Waals surface area contributed by atoms with E-state index in [-0.39, 0.29) is 0 Å². The van der Waals surface area contributed by atoms with Crippen LogP contribution in [-0.2, 0) is 6.61 Å². The minimum Gasteiger partial charge on any atom is -0.489 e. The highest BCUT2D eigenvalue weighted by Crippen LogP contribution is 2.23. The van der Waals surface area contributed by atoms with Crippen molar-refractivity contribution >= 4 is 11.6 Å². The first-order chi connectivity index (χ1) is 14.6. The van der Waals surface area contributed by atoms with E-state index in [0.29, 0.717) is 32.8 Å². The van der Waals surface area contributed by atoms with Gasteiger partial charge in [-0.2, -0.15) is 0 Å². The maximum absolute atomic E-state index is 13.9. The summed E-state index contributed by atoms with van der Waals surface area (Å²) >= 11 is 0. The molecule has 0 atom stereocenters. The second kappa shape index (κ2) is 8.95. The number of hydrogen-bond donors (Lipinski definition) is 0. The predicted molar refractivity (Wildman–Crippen MR) is 112 cm³/mol. The molecule has 0 N–H and O–H groups in total. The van der Waals surface area contributed by atoms with Gasteiger partial charge in [-0.05, 0) is 42.0 Å². The van der Waals surface area contributed by atoms with E-state index in [4.69, 9.17) is 4.74 Å². The molecule has 0 bridgehead atoms. The Labute approximate surface area is 174 Å². The quantitative estimate of drug-likeness (QED) is 0.623. The standard InChI is InChI=1S/C24H22F2N2O2/c25-21-7-4-8-22(26)23(21)24(29)28-15-13-27(14-16-28)19-9-11-20(12-10-19)30-17-18-5-2-1-3-6-18/h1-12H,13-17H2. The minimum atomic E-state index is -0.825. The molecule has 3 aromatic rings. The molecule has 0 unspecified atom stereocenters. The van der Waals surface area contributed by atoms with Crippen molar-refractivity contribution in [3.8, 4) is 5.75 Å². The molecule has 1 saturated heterocycles. The molecule has 4 nitrogen and oxygen atoms in total. The van der Waals surface area contributed by atoms with Crippen LogP contribution < -0.4 is 9.64 Å². The van der Waals surface area contributed by atoms with E-state index in [0.717, 1.165) is 29.1 Å². The van der Waals surface area contributed by atoms with Gasteiger partial charge in [0.2, 0.25) is 0 Å². The van der Waals surface area contributed by atoms with E-state index >= 15 is 0 Å². The molecule has 1 aliphatic rings. The Morgan fingerprint density at radius 2 is 1.43 bits per heavy atom. The lowest BCUT2D eigenvalue weighted by molar-refractivity contribution is 0.0737. The van der Waals surface area contributed by atoms with Crippen LogP contribution in [0.15, 0.2) is 72.8 Å². The highest BCUT2D eigenvalue weighted by molar-refractivity contribution is 5.95. The van der Waals surface area contributed by atoms with E-state index in [1.54, 1.807) is 0 Å². The zero-order valence-electron chi connectivity index (χ0n) is 16.4. The number of nitrogens with zero attached hydrogens (tertiary/aromatic N) is 2. The van der Waals surface area contributed by atoms with Crippen molar-refractivity contribution in [1.82, 2.24) is 4.90 Å². The molecule has 6 heteroatoms. The van der Waals surface area contributed by atoms with Crippen LogP contribution in [0.25, 0.3) is 0 Å². The predicted octanol–water partition coefficient (Wildman–Crippen LogP) is 4.51. The van der Waals surface area contributed by atoms with Crippen LogP contribution in [0.2, 0.25) is 0 Å². The van der Waals surface area contributed by atoms with Crippen LogP contribution in [0, 0.1) is 11.6 Å². The average molecular weight is 408 g/mol. The summed E-state index contributed by atoms with van der Waals surface area (Å²) in [5.74, 6) is -1.47. The molecule has 0 spiro atoms. The number of ether oxygens (including phenoxy) is 1. The van der Waals surface area contributed by atoms with Gasteiger partial charge in [0.15, 0.2) is 0 Å². The Hall–Kier alpha value is -3.41. The van der Waals surface area contributed by atoms with Gasteiger partial charge in [0.1, 0.15) is 29.6 Å². The van der Waals surface area contributed by atoms with Crippen LogP contribution in [-0.4, -0.2) is 37.0 Å². The second-order valence-corrected chi connectivity index (χ2v) is 7.14. The summed E-state index contributed by atoms with van der Waals surface area (Å²) < 4.78 is 33.6. The summed E-state index contributed by atoms with van der Waals surface area (Å²) in [4.78, 5) is 16.2. The summed E-state index contributed by atoms with van der Waals surface area (Å²) in [6.45, 7) is 2.49. The Balaban J connectivity index is 1.33. The molecule has 0 radical (unpaired) electrons. The van der Waals surface area contributed by atoms with Crippen molar-refractivity contribution in [2.24, 2.45) is 0 Å². The normalized spacial score (nSPS) is 13.9. The van der Waals surface area contributed by atoms with Gasteiger partial charge in [-0.15, -0.1) is 0 Å². The van der Waals surface area contributed by atoms with Crippen molar-refractivity contribution in [3.63, 3.8) is 0 Å². The highest BCUT2D eigenvalue weighted by Gasteiger charge is 2.26. The van der Waals surface area contributed by atoms with Crippen molar-refractivity contribution in [2.75, 3.05) is 31.1 Å². The Bertz CT molecular complexity index is 981. The topological polar surface area (TPSA) is 32.8 Å². The molecule has 1 amide bonds. The first kappa shape index (κ1) is 19.9. The van der Waals surface area contributed by atoms with Crippen LogP contribution in [0.5, 0.6) is 5.75 Å². The lowest BCUT2D eigenvalue weighted by Crippen LogP contribution is -2.49. The van der Waals surface area contributed by atoms with Crippen LogP contribution >= 0.6 is 0 Å². The molecule has 154 valence electrons. The first-order valence-electron chi connectivity index (χ1n) is 9.87. The summed E-state index contributed by atoms with van der Waals surface area (Å²) in [6, 6.07) is 21.2. The number of anilines is 1. The van der Waals surface area contributed by atoms with Gasteiger partial charge in [-0.25, -0.2) is 8.78 Å². The van der Waals surface area contributed by atoms with Crippen molar-refractivity contribution in [3.05, 3.63) is 95.6 Å². The Morgan fingerprint density at radius 3 is 2.07 bits per heavy atom. The van der Waals surface area contributed by atoms with Gasteiger partial charge < -0.3 is 14.5 Å². The fourth-order valence-electron chi connectivity index (χ4n) is 3.52. The zero-order valence-corrected chi connectivity index (χ0v) is 16.4. The maximum atomic E-state index is 13.9. The van der Waals surface area contributed by atoms with Gasteiger partial charge in [-0.3, -0.25) is 4.79 Å². The first-order valence-corrected chi connectivity index (χ1v) is 9.87. The fourth-order valence-corrected chi connectivity index (χ4v) is 3.52. The fraction of sp³-hybridized carbons (Fsp3) is 0.208. The Morgan fingerprint density at radius 1 is 0.800 bits per heavy atom. The van der Waals surface area contributed by atoms with Crippen LogP contribution in [0.4, 0.5) is 14.5 Å².